The molecule has 0 spiro atoms. The van der Waals surface area contributed by atoms with Gasteiger partial charge < -0.3 is 10.6 Å². The number of rotatable bonds is 1. The Balaban J connectivity index is 2.30. The molecule has 0 saturated carbocycles. The van der Waals surface area contributed by atoms with Crippen molar-refractivity contribution in [1.29, 1.82) is 0 Å². The normalized spacial score (nSPS) is 21.6. The van der Waals surface area contributed by atoms with Gasteiger partial charge in [0.15, 0.2) is 0 Å². The largest absolute Gasteiger partial charge is 0.333 e. The molecule has 2 N–H and O–H groups in total. The first-order valence-corrected chi connectivity index (χ1v) is 7.67. The van der Waals surface area contributed by atoms with Crippen LogP contribution in [0.1, 0.15) is 54.6 Å². The maximum atomic E-state index is 12.8. The predicted molar refractivity (Wildman–Crippen MR) is 86.1 cm³/mol. The van der Waals surface area contributed by atoms with Crippen molar-refractivity contribution in [1.82, 2.24) is 4.90 Å². The van der Waals surface area contributed by atoms with E-state index in [1.807, 2.05) is 30.0 Å². The third-order valence-electron chi connectivity index (χ3n) is 4.24. The number of nitrogens with two attached hydrogens (primary N) is 1. The molecule has 1 aromatic carbocycles. The number of carbonyl (C=O) groups excluding carboxylic acids is 1. The average Bonchev–Trinajstić information content (AvgIpc) is 2.46. The van der Waals surface area contributed by atoms with Crippen LogP contribution in [0.25, 0.3) is 0 Å². The molecule has 0 unspecified atom stereocenters. The summed E-state index contributed by atoms with van der Waals surface area (Å²) >= 11 is 0. The number of likely N-dealkylation sites (tertiary alicyclic amines) is 1. The van der Waals surface area contributed by atoms with E-state index in [0.29, 0.717) is 18.6 Å². The van der Waals surface area contributed by atoms with E-state index in [1.165, 1.54) is 6.42 Å². The minimum atomic E-state index is 0.116. The summed E-state index contributed by atoms with van der Waals surface area (Å²) in [6.45, 7) is 6.60. The van der Waals surface area contributed by atoms with Crippen molar-refractivity contribution in [3.8, 4) is 11.8 Å². The van der Waals surface area contributed by atoms with Crippen molar-refractivity contribution in [2.24, 2.45) is 5.73 Å². The number of hydrogen-bond acceptors (Lipinski definition) is 2. The molecule has 0 bridgehead atoms. The van der Waals surface area contributed by atoms with Gasteiger partial charge in [0.1, 0.15) is 0 Å². The predicted octanol–water partition coefficient (Wildman–Crippen LogP) is 2.71. The molecule has 1 aliphatic rings. The van der Waals surface area contributed by atoms with Gasteiger partial charge in [-0.1, -0.05) is 17.9 Å². The lowest BCUT2D eigenvalue weighted by molar-refractivity contribution is 0.0510. The molecule has 0 aliphatic carbocycles. The molecule has 1 heterocycles. The molecule has 2 rings (SSSR count). The SMILES string of the molecule is Cc1ccc(C(=O)N2[C@H](C)CCC[C@@H]2C)cc1C#CCN. The number of hydrogen-bond donors (Lipinski definition) is 1. The fourth-order valence-corrected chi connectivity index (χ4v) is 3.01. The van der Waals surface area contributed by atoms with Crippen LogP contribution < -0.4 is 5.73 Å². The Labute approximate surface area is 127 Å². The highest BCUT2D eigenvalue weighted by Gasteiger charge is 2.29. The van der Waals surface area contributed by atoms with Crippen LogP contribution in [0.3, 0.4) is 0 Å². The van der Waals surface area contributed by atoms with Crippen molar-refractivity contribution in [2.75, 3.05) is 6.54 Å². The molecule has 3 heteroatoms. The van der Waals surface area contributed by atoms with Crippen LogP contribution >= 0.6 is 0 Å². The Morgan fingerprint density at radius 2 is 2.00 bits per heavy atom. The zero-order chi connectivity index (χ0) is 15.4. The van der Waals surface area contributed by atoms with Gasteiger partial charge in [0.05, 0.1) is 6.54 Å². The van der Waals surface area contributed by atoms with Gasteiger partial charge in [-0.3, -0.25) is 4.79 Å². The van der Waals surface area contributed by atoms with E-state index in [1.54, 1.807) is 0 Å². The highest BCUT2D eigenvalue weighted by atomic mass is 16.2. The monoisotopic (exact) mass is 284 g/mol. The Hall–Kier alpha value is -1.79. The Bertz CT molecular complexity index is 573. The second-order valence-electron chi connectivity index (χ2n) is 5.88. The van der Waals surface area contributed by atoms with Crippen LogP contribution in [0.15, 0.2) is 18.2 Å². The first kappa shape index (κ1) is 15.6. The number of aryl methyl sites for hydroxylation is 1. The zero-order valence-corrected chi connectivity index (χ0v) is 13.1. The Morgan fingerprint density at radius 1 is 1.33 bits per heavy atom. The van der Waals surface area contributed by atoms with Gasteiger partial charge in [-0.2, -0.15) is 0 Å². The number of benzene rings is 1. The van der Waals surface area contributed by atoms with Crippen LogP contribution in [0.5, 0.6) is 0 Å². The molecule has 2 atom stereocenters. The first-order chi connectivity index (χ1) is 10.0. The number of piperidine rings is 1. The molecule has 1 saturated heterocycles. The topological polar surface area (TPSA) is 46.3 Å². The van der Waals surface area contributed by atoms with Crippen LogP contribution in [-0.2, 0) is 0 Å². The maximum Gasteiger partial charge on any atom is 0.254 e. The van der Waals surface area contributed by atoms with Gasteiger partial charge in [-0.05, 0) is 57.7 Å². The molecular formula is C18H24N2O. The molecule has 1 amide bonds. The quantitative estimate of drug-likeness (QED) is 0.806. The van der Waals surface area contributed by atoms with Gasteiger partial charge in [0, 0.05) is 23.2 Å². The number of nitrogens with zero attached hydrogens (tertiary/aromatic N) is 1. The van der Waals surface area contributed by atoms with Crippen molar-refractivity contribution >= 4 is 5.91 Å². The second kappa shape index (κ2) is 6.78. The van der Waals surface area contributed by atoms with E-state index >= 15 is 0 Å². The van der Waals surface area contributed by atoms with E-state index < -0.39 is 0 Å². The van der Waals surface area contributed by atoms with E-state index in [0.717, 1.165) is 29.5 Å². The lowest BCUT2D eigenvalue weighted by Gasteiger charge is -2.39. The lowest BCUT2D eigenvalue weighted by Crippen LogP contribution is -2.47. The van der Waals surface area contributed by atoms with Gasteiger partial charge >= 0.3 is 0 Å². The fourth-order valence-electron chi connectivity index (χ4n) is 3.01. The summed E-state index contributed by atoms with van der Waals surface area (Å²) in [6.07, 6.45) is 3.37. The Morgan fingerprint density at radius 3 is 2.62 bits per heavy atom. The molecule has 1 fully saturated rings. The second-order valence-corrected chi connectivity index (χ2v) is 5.88. The summed E-state index contributed by atoms with van der Waals surface area (Å²) in [5, 5.41) is 0. The summed E-state index contributed by atoms with van der Waals surface area (Å²) in [5.41, 5.74) is 8.12. The van der Waals surface area contributed by atoms with E-state index in [2.05, 4.69) is 25.7 Å². The van der Waals surface area contributed by atoms with Crippen molar-refractivity contribution in [2.45, 2.75) is 52.1 Å². The van der Waals surface area contributed by atoms with E-state index in [9.17, 15) is 4.79 Å². The van der Waals surface area contributed by atoms with Crippen LogP contribution in [0.2, 0.25) is 0 Å². The third kappa shape index (κ3) is 3.46. The minimum Gasteiger partial charge on any atom is -0.333 e. The number of carbonyl (C=O) groups is 1. The molecule has 21 heavy (non-hydrogen) atoms. The highest BCUT2D eigenvalue weighted by molar-refractivity contribution is 5.95. The summed E-state index contributed by atoms with van der Waals surface area (Å²) in [7, 11) is 0. The van der Waals surface area contributed by atoms with E-state index in [4.69, 9.17) is 5.73 Å². The van der Waals surface area contributed by atoms with Gasteiger partial charge in [0.25, 0.3) is 5.91 Å². The molecule has 3 nitrogen and oxygen atoms in total. The molecule has 1 aromatic rings. The lowest BCUT2D eigenvalue weighted by atomic mass is 9.95. The first-order valence-electron chi connectivity index (χ1n) is 7.67. The van der Waals surface area contributed by atoms with Crippen molar-refractivity contribution in [3.05, 3.63) is 34.9 Å². The molecule has 0 radical (unpaired) electrons. The molecule has 0 aromatic heterocycles. The van der Waals surface area contributed by atoms with Crippen molar-refractivity contribution < 1.29 is 4.79 Å². The third-order valence-corrected chi connectivity index (χ3v) is 4.24. The van der Waals surface area contributed by atoms with Crippen LogP contribution in [0.4, 0.5) is 0 Å². The Kier molecular flexibility index (Phi) is 5.03. The molecular weight excluding hydrogens is 260 g/mol. The van der Waals surface area contributed by atoms with Crippen LogP contribution in [-0.4, -0.2) is 29.4 Å². The van der Waals surface area contributed by atoms with Gasteiger partial charge in [0.2, 0.25) is 0 Å². The zero-order valence-electron chi connectivity index (χ0n) is 13.1. The van der Waals surface area contributed by atoms with Gasteiger partial charge in [-0.25, -0.2) is 0 Å². The average molecular weight is 284 g/mol. The highest BCUT2D eigenvalue weighted by Crippen LogP contribution is 2.25. The summed E-state index contributed by atoms with van der Waals surface area (Å²) in [4.78, 5) is 14.8. The molecule has 1 aliphatic heterocycles. The van der Waals surface area contributed by atoms with Crippen molar-refractivity contribution in [3.63, 3.8) is 0 Å². The fraction of sp³-hybridized carbons (Fsp3) is 0.500. The standard InChI is InChI=1S/C18H24N2O/c1-13-9-10-17(12-16(13)8-5-11-19)18(21)20-14(2)6-4-7-15(20)3/h9-10,12,14-15H,4,6-7,11,19H2,1-3H3/t14-,15+. The van der Waals surface area contributed by atoms with Gasteiger partial charge in [-0.15, -0.1) is 0 Å². The molecule has 112 valence electrons. The maximum absolute atomic E-state index is 12.8. The van der Waals surface area contributed by atoms with E-state index in [-0.39, 0.29) is 5.91 Å². The number of amides is 1. The summed E-state index contributed by atoms with van der Waals surface area (Å²) < 4.78 is 0. The minimum absolute atomic E-state index is 0.116. The summed E-state index contributed by atoms with van der Waals surface area (Å²) in [6, 6.07) is 6.38. The smallest absolute Gasteiger partial charge is 0.254 e. The van der Waals surface area contributed by atoms with Crippen LogP contribution in [0, 0.1) is 18.8 Å². The summed E-state index contributed by atoms with van der Waals surface area (Å²) in [5.74, 6) is 6.03.